The van der Waals surface area contributed by atoms with E-state index in [4.69, 9.17) is 4.42 Å². The van der Waals surface area contributed by atoms with Gasteiger partial charge in [0.15, 0.2) is 0 Å². The van der Waals surface area contributed by atoms with Gasteiger partial charge in [0.05, 0.1) is 10.9 Å². The first-order valence-corrected chi connectivity index (χ1v) is 17.9. The highest BCUT2D eigenvalue weighted by atomic mass is 16.3. The molecule has 240 valence electrons. The minimum absolute atomic E-state index is 0.870. The molecule has 0 radical (unpaired) electrons. The van der Waals surface area contributed by atoms with Crippen molar-refractivity contribution in [2.45, 2.75) is 0 Å². The van der Waals surface area contributed by atoms with Gasteiger partial charge in [0, 0.05) is 16.5 Å². The van der Waals surface area contributed by atoms with Crippen molar-refractivity contribution in [3.05, 3.63) is 176 Å². The number of rotatable bonds is 1. The Labute approximate surface area is 298 Å². The van der Waals surface area contributed by atoms with E-state index in [-0.39, 0.29) is 0 Å². The minimum atomic E-state index is 0.870. The van der Waals surface area contributed by atoms with Crippen LogP contribution in [0.1, 0.15) is 0 Å². The van der Waals surface area contributed by atoms with E-state index >= 15 is 0 Å². The molecule has 0 aliphatic heterocycles. The lowest BCUT2D eigenvalue weighted by Gasteiger charge is -2.20. The lowest BCUT2D eigenvalue weighted by molar-refractivity contribution is 0.645. The molecule has 0 amide bonds. The van der Waals surface area contributed by atoms with Crippen LogP contribution in [-0.2, 0) is 0 Å². The Morgan fingerprint density at radius 3 is 1.27 bits per heavy atom. The molecule has 12 rings (SSSR count). The van der Waals surface area contributed by atoms with Gasteiger partial charge in [-0.05, 0) is 100 Å². The summed E-state index contributed by atoms with van der Waals surface area (Å²) in [6, 6.07) is 64.6. The highest BCUT2D eigenvalue weighted by Gasteiger charge is 2.22. The SMILES string of the molecule is c1ccc2c(c1)oc1c2c2ccccc2n1-c1ccc2c(c1)c1cccc3c1-c1c(cccc1c1ccccc12)c1ccccc1c1ccccc31. The molecule has 0 spiro atoms. The number of hydrogen-bond acceptors (Lipinski definition) is 1. The molecule has 0 N–H and O–H groups in total. The van der Waals surface area contributed by atoms with Crippen LogP contribution in [0.4, 0.5) is 0 Å². The number of para-hydroxylation sites is 2. The van der Waals surface area contributed by atoms with Crippen molar-refractivity contribution in [3.63, 3.8) is 0 Å². The molecule has 8 aromatic carbocycles. The molecular formula is C50H29NO. The molecule has 10 aromatic rings. The predicted molar refractivity (Wildman–Crippen MR) is 221 cm³/mol. The quantitative estimate of drug-likeness (QED) is 0.171. The highest BCUT2D eigenvalue weighted by Crippen LogP contribution is 2.48. The number of benzene rings is 8. The molecule has 2 heterocycles. The van der Waals surface area contributed by atoms with Crippen molar-refractivity contribution in [1.82, 2.24) is 4.57 Å². The third-order valence-corrected chi connectivity index (χ3v) is 11.4. The maximum absolute atomic E-state index is 6.69. The Morgan fingerprint density at radius 2 is 0.712 bits per heavy atom. The zero-order valence-electron chi connectivity index (χ0n) is 28.1. The normalized spacial score (nSPS) is 12.2. The largest absolute Gasteiger partial charge is 0.439 e. The van der Waals surface area contributed by atoms with Gasteiger partial charge in [-0.25, -0.2) is 0 Å². The second kappa shape index (κ2) is 10.3. The van der Waals surface area contributed by atoms with Crippen LogP contribution in [0.2, 0.25) is 0 Å². The standard InChI is InChI=1S/C50H29NO/c1-4-16-34-31(13-1)32-14-2-5-17-35(32)40-23-12-24-41-44-29-30(51-45-25-9-7-19-42(45)49-43-20-8-10-26-46(43)52-50(49)51)27-28-37(44)33-15-3-6-18-36(33)39-22-11-21-38(34)47(39)48(40)41/h1-29H. The van der Waals surface area contributed by atoms with Gasteiger partial charge >= 0.3 is 0 Å². The predicted octanol–water partition coefficient (Wildman–Crippen LogP) is 14.1. The molecule has 2 heteroatoms. The summed E-state index contributed by atoms with van der Waals surface area (Å²) in [5.41, 5.74) is 6.54. The summed E-state index contributed by atoms with van der Waals surface area (Å²) in [5, 5.41) is 18.4. The summed E-state index contributed by atoms with van der Waals surface area (Å²) in [7, 11) is 0. The van der Waals surface area contributed by atoms with Crippen LogP contribution in [0.15, 0.2) is 180 Å². The van der Waals surface area contributed by atoms with E-state index in [1.54, 1.807) is 0 Å². The molecule has 0 bridgehead atoms. The Balaban J connectivity index is 1.36. The van der Waals surface area contributed by atoms with Gasteiger partial charge < -0.3 is 4.42 Å². The summed E-state index contributed by atoms with van der Waals surface area (Å²) >= 11 is 0. The van der Waals surface area contributed by atoms with E-state index in [0.29, 0.717) is 0 Å². The second-order valence-corrected chi connectivity index (χ2v) is 14.0. The highest BCUT2D eigenvalue weighted by molar-refractivity contribution is 6.32. The molecule has 0 saturated heterocycles. The topological polar surface area (TPSA) is 18.1 Å². The summed E-state index contributed by atoms with van der Waals surface area (Å²) < 4.78 is 9.01. The molecule has 0 atom stereocenters. The lowest BCUT2D eigenvalue weighted by Crippen LogP contribution is -1.95. The number of hydrogen-bond donors (Lipinski definition) is 0. The Bertz CT molecular complexity index is 3470. The van der Waals surface area contributed by atoms with Gasteiger partial charge in [-0.15, -0.1) is 0 Å². The first kappa shape index (κ1) is 27.9. The van der Waals surface area contributed by atoms with E-state index in [2.05, 4.69) is 174 Å². The zero-order valence-corrected chi connectivity index (χ0v) is 28.1. The zero-order chi connectivity index (χ0) is 33.9. The first-order valence-electron chi connectivity index (χ1n) is 17.9. The molecular weight excluding hydrogens is 631 g/mol. The van der Waals surface area contributed by atoms with Crippen LogP contribution in [0, 0.1) is 0 Å². The van der Waals surface area contributed by atoms with Crippen molar-refractivity contribution in [1.29, 1.82) is 0 Å². The third kappa shape index (κ3) is 3.63. The van der Waals surface area contributed by atoms with Crippen LogP contribution < -0.4 is 0 Å². The molecule has 0 fully saturated rings. The fraction of sp³-hybridized carbons (Fsp3) is 0. The molecule has 52 heavy (non-hydrogen) atoms. The maximum atomic E-state index is 6.69. The van der Waals surface area contributed by atoms with Crippen LogP contribution >= 0.6 is 0 Å². The minimum Gasteiger partial charge on any atom is -0.439 e. The van der Waals surface area contributed by atoms with E-state index < -0.39 is 0 Å². The second-order valence-electron chi connectivity index (χ2n) is 14.0. The fourth-order valence-electron chi connectivity index (χ4n) is 9.22. The molecule has 2 aliphatic rings. The van der Waals surface area contributed by atoms with Gasteiger partial charge in [0.1, 0.15) is 5.58 Å². The van der Waals surface area contributed by atoms with E-state index in [1.165, 1.54) is 81.1 Å². The smallest absolute Gasteiger partial charge is 0.213 e. The molecule has 2 aliphatic carbocycles. The summed E-state index contributed by atoms with van der Waals surface area (Å²) in [4.78, 5) is 0. The van der Waals surface area contributed by atoms with E-state index in [0.717, 1.165) is 33.3 Å². The molecule has 0 saturated carbocycles. The van der Waals surface area contributed by atoms with Crippen LogP contribution in [0.25, 0.3) is 114 Å². The fourth-order valence-corrected chi connectivity index (χ4v) is 9.22. The summed E-state index contributed by atoms with van der Waals surface area (Å²) in [6.45, 7) is 0. The summed E-state index contributed by atoms with van der Waals surface area (Å²) in [6.07, 6.45) is 0. The first-order chi connectivity index (χ1) is 25.8. The van der Waals surface area contributed by atoms with Crippen LogP contribution in [-0.4, -0.2) is 4.57 Å². The number of nitrogens with zero attached hydrogens (tertiary/aromatic N) is 1. The monoisotopic (exact) mass is 659 g/mol. The Kier molecular flexibility index (Phi) is 5.53. The van der Waals surface area contributed by atoms with Crippen molar-refractivity contribution in [3.8, 4) is 16.8 Å². The van der Waals surface area contributed by atoms with Gasteiger partial charge in [0.2, 0.25) is 5.71 Å². The third-order valence-electron chi connectivity index (χ3n) is 11.4. The van der Waals surface area contributed by atoms with Crippen molar-refractivity contribution in [2.75, 3.05) is 0 Å². The van der Waals surface area contributed by atoms with Gasteiger partial charge in [0.25, 0.3) is 0 Å². The molecule has 2 nitrogen and oxygen atoms in total. The number of furan rings is 1. The van der Waals surface area contributed by atoms with Gasteiger partial charge in [-0.2, -0.15) is 0 Å². The molecule has 2 aromatic heterocycles. The maximum Gasteiger partial charge on any atom is 0.213 e. The number of fused-ring (bicyclic) bond motifs is 15. The average molecular weight is 660 g/mol. The Hall–Kier alpha value is -6.90. The summed E-state index contributed by atoms with van der Waals surface area (Å²) in [5.74, 6) is 0. The van der Waals surface area contributed by atoms with Crippen LogP contribution in [0.5, 0.6) is 0 Å². The van der Waals surface area contributed by atoms with Gasteiger partial charge in [-0.1, -0.05) is 152 Å². The van der Waals surface area contributed by atoms with Crippen LogP contribution in [0.3, 0.4) is 0 Å². The van der Waals surface area contributed by atoms with E-state index in [1.807, 2.05) is 6.07 Å². The molecule has 0 unspecified atom stereocenters. The number of aromatic nitrogens is 1. The van der Waals surface area contributed by atoms with Crippen molar-refractivity contribution >= 4 is 97.6 Å². The van der Waals surface area contributed by atoms with E-state index in [9.17, 15) is 0 Å². The average Bonchev–Trinajstić information content (AvgIpc) is 3.74. The Morgan fingerprint density at radius 1 is 0.308 bits per heavy atom. The van der Waals surface area contributed by atoms with Gasteiger partial charge in [-0.3, -0.25) is 4.57 Å². The van der Waals surface area contributed by atoms with Crippen molar-refractivity contribution < 1.29 is 4.42 Å². The van der Waals surface area contributed by atoms with Crippen molar-refractivity contribution in [2.24, 2.45) is 0 Å². The lowest BCUT2D eigenvalue weighted by atomic mass is 9.84.